The van der Waals surface area contributed by atoms with Gasteiger partial charge in [-0.2, -0.15) is 14.3 Å². The zero-order chi connectivity index (χ0) is 31.4. The maximum atomic E-state index is 13.3. The van der Waals surface area contributed by atoms with Crippen LogP contribution in [0.15, 0.2) is 59.6 Å². The lowest BCUT2D eigenvalue weighted by Crippen LogP contribution is -2.46. The highest BCUT2D eigenvalue weighted by Crippen LogP contribution is 2.35. The molecule has 0 atom stereocenters. The first-order valence-corrected chi connectivity index (χ1v) is 16.8. The van der Waals surface area contributed by atoms with Crippen molar-refractivity contribution in [2.24, 2.45) is 0 Å². The zero-order valence-electron chi connectivity index (χ0n) is 26.2. The van der Waals surface area contributed by atoms with Crippen LogP contribution in [0.25, 0.3) is 22.2 Å². The van der Waals surface area contributed by atoms with Crippen molar-refractivity contribution in [3.63, 3.8) is 0 Å². The summed E-state index contributed by atoms with van der Waals surface area (Å²) in [5.74, 6) is 0.820. The molecule has 0 spiro atoms. The second-order valence-electron chi connectivity index (χ2n) is 11.8. The first-order chi connectivity index (χ1) is 21.8. The largest absolute Gasteiger partial charge is 0.475 e. The summed E-state index contributed by atoms with van der Waals surface area (Å²) in [6.07, 6.45) is 1.85. The average molecular weight is 635 g/mol. The molecule has 0 saturated carbocycles. The summed E-state index contributed by atoms with van der Waals surface area (Å²) in [4.78, 5) is 20.0. The number of hydrogen-bond acceptors (Lipinski definition) is 10. The molecule has 12 nitrogen and oxygen atoms in total. The molecule has 4 heterocycles. The number of nitrogens with zero attached hydrogens (tertiary/aromatic N) is 6. The van der Waals surface area contributed by atoms with Gasteiger partial charge in [-0.05, 0) is 49.5 Å². The van der Waals surface area contributed by atoms with Crippen molar-refractivity contribution < 1.29 is 17.9 Å². The summed E-state index contributed by atoms with van der Waals surface area (Å²) in [6.45, 7) is 8.41. The van der Waals surface area contributed by atoms with E-state index in [9.17, 15) is 8.42 Å². The number of H-pyrrole nitrogens is 1. The van der Waals surface area contributed by atoms with Gasteiger partial charge in [-0.25, -0.2) is 8.42 Å². The summed E-state index contributed by atoms with van der Waals surface area (Å²) in [5, 5.41) is 4.04. The molecule has 4 aromatic rings. The number of aromatic nitrogens is 3. The molecule has 45 heavy (non-hydrogen) atoms. The molecule has 2 fully saturated rings. The summed E-state index contributed by atoms with van der Waals surface area (Å²) in [5.41, 5.74) is 4.40. The van der Waals surface area contributed by atoms with E-state index in [2.05, 4.69) is 44.2 Å². The van der Waals surface area contributed by atoms with E-state index >= 15 is 0 Å². The van der Waals surface area contributed by atoms with Gasteiger partial charge in [-0.1, -0.05) is 24.3 Å². The maximum absolute atomic E-state index is 13.3. The van der Waals surface area contributed by atoms with Crippen molar-refractivity contribution >= 4 is 32.7 Å². The van der Waals surface area contributed by atoms with E-state index in [1.165, 1.54) is 5.56 Å². The molecule has 6 rings (SSSR count). The van der Waals surface area contributed by atoms with Gasteiger partial charge in [-0.15, -0.1) is 0 Å². The molecule has 13 heteroatoms. The SMILES string of the molecule is COCCOc1nc(Nc2ccc(CN3CCN(C)CC3)cc2)nc2[nH]cc(-c3ccc(S(=O)(=O)N4CCN(C)CC4)cc3)c12. The Balaban J connectivity index is 1.22. The molecular formula is C32H42N8O4S. The Morgan fingerprint density at radius 1 is 0.844 bits per heavy atom. The van der Waals surface area contributed by atoms with Crippen molar-refractivity contribution in [1.82, 2.24) is 34.0 Å². The fraction of sp³-hybridized carbons (Fsp3) is 0.438. The Morgan fingerprint density at radius 3 is 2.18 bits per heavy atom. The number of fused-ring (bicyclic) bond motifs is 1. The molecule has 2 aliphatic rings. The van der Waals surface area contributed by atoms with Crippen molar-refractivity contribution in [2.45, 2.75) is 11.4 Å². The topological polar surface area (TPSA) is 119 Å². The molecule has 0 radical (unpaired) electrons. The van der Waals surface area contributed by atoms with Crippen LogP contribution in [-0.4, -0.2) is 129 Å². The minimum atomic E-state index is -3.56. The van der Waals surface area contributed by atoms with E-state index in [4.69, 9.17) is 19.4 Å². The van der Waals surface area contributed by atoms with Crippen LogP contribution in [0, 0.1) is 0 Å². The zero-order valence-corrected chi connectivity index (χ0v) is 27.0. The van der Waals surface area contributed by atoms with Gasteiger partial charge in [0.1, 0.15) is 12.3 Å². The average Bonchev–Trinajstić information content (AvgIpc) is 3.48. The molecule has 0 bridgehead atoms. The molecule has 2 saturated heterocycles. The molecule has 2 aromatic heterocycles. The van der Waals surface area contributed by atoms with Crippen LogP contribution in [0.5, 0.6) is 5.88 Å². The Labute approximate surface area is 265 Å². The molecule has 2 N–H and O–H groups in total. The Kier molecular flexibility index (Phi) is 9.64. The van der Waals surface area contributed by atoms with Crippen LogP contribution in [0.4, 0.5) is 11.6 Å². The number of benzene rings is 2. The molecule has 2 aromatic carbocycles. The number of ether oxygens (including phenoxy) is 2. The lowest BCUT2D eigenvalue weighted by Gasteiger charge is -2.32. The van der Waals surface area contributed by atoms with Crippen molar-refractivity contribution in [3.8, 4) is 17.0 Å². The van der Waals surface area contributed by atoms with Gasteiger partial charge in [0, 0.05) is 83.5 Å². The van der Waals surface area contributed by atoms with E-state index in [0.717, 1.165) is 62.6 Å². The van der Waals surface area contributed by atoms with Crippen LogP contribution in [0.2, 0.25) is 0 Å². The van der Waals surface area contributed by atoms with Crippen molar-refractivity contribution in [1.29, 1.82) is 0 Å². The molecule has 0 aliphatic carbocycles. The predicted molar refractivity (Wildman–Crippen MR) is 175 cm³/mol. The molecule has 2 aliphatic heterocycles. The van der Waals surface area contributed by atoms with Crippen LogP contribution in [-0.2, 0) is 21.3 Å². The third-order valence-corrected chi connectivity index (χ3v) is 10.4. The third-order valence-electron chi connectivity index (χ3n) is 8.50. The Hall–Kier alpha value is -3.59. The second kappa shape index (κ2) is 13.8. The van der Waals surface area contributed by atoms with E-state index in [1.807, 2.05) is 37.5 Å². The van der Waals surface area contributed by atoms with Crippen LogP contribution in [0.3, 0.4) is 0 Å². The van der Waals surface area contributed by atoms with E-state index in [-0.39, 0.29) is 4.90 Å². The summed E-state index contributed by atoms with van der Waals surface area (Å²) in [7, 11) is 2.23. The van der Waals surface area contributed by atoms with E-state index in [0.29, 0.717) is 49.2 Å². The Bertz CT molecular complexity index is 1680. The van der Waals surface area contributed by atoms with Crippen LogP contribution < -0.4 is 10.1 Å². The lowest BCUT2D eigenvalue weighted by atomic mass is 10.1. The maximum Gasteiger partial charge on any atom is 0.243 e. The van der Waals surface area contributed by atoms with E-state index < -0.39 is 10.0 Å². The first kappa shape index (κ1) is 31.4. The highest BCUT2D eigenvalue weighted by atomic mass is 32.2. The lowest BCUT2D eigenvalue weighted by molar-refractivity contribution is 0.144. The van der Waals surface area contributed by atoms with Crippen LogP contribution >= 0.6 is 0 Å². The Morgan fingerprint density at radius 2 is 1.51 bits per heavy atom. The second-order valence-corrected chi connectivity index (χ2v) is 13.7. The quantitative estimate of drug-likeness (QED) is 0.238. The predicted octanol–water partition coefficient (Wildman–Crippen LogP) is 3.08. The van der Waals surface area contributed by atoms with Crippen molar-refractivity contribution in [2.75, 3.05) is 92.1 Å². The number of rotatable bonds is 11. The van der Waals surface area contributed by atoms with Gasteiger partial charge in [0.15, 0.2) is 0 Å². The fourth-order valence-corrected chi connectivity index (χ4v) is 7.10. The number of piperazine rings is 2. The van der Waals surface area contributed by atoms with Gasteiger partial charge in [-0.3, -0.25) is 4.90 Å². The van der Waals surface area contributed by atoms with Crippen LogP contribution in [0.1, 0.15) is 5.56 Å². The number of anilines is 2. The highest BCUT2D eigenvalue weighted by molar-refractivity contribution is 7.89. The summed E-state index contributed by atoms with van der Waals surface area (Å²) < 4.78 is 39.3. The fourth-order valence-electron chi connectivity index (χ4n) is 5.68. The summed E-state index contributed by atoms with van der Waals surface area (Å²) in [6, 6.07) is 15.3. The number of nitrogens with one attached hydrogen (secondary N) is 2. The van der Waals surface area contributed by atoms with Gasteiger partial charge in [0.25, 0.3) is 0 Å². The van der Waals surface area contributed by atoms with E-state index in [1.54, 1.807) is 23.5 Å². The van der Waals surface area contributed by atoms with Crippen molar-refractivity contribution in [3.05, 3.63) is 60.3 Å². The highest BCUT2D eigenvalue weighted by Gasteiger charge is 2.27. The van der Waals surface area contributed by atoms with Gasteiger partial charge >= 0.3 is 0 Å². The normalized spacial score (nSPS) is 17.6. The number of aromatic amines is 1. The standard InChI is InChI=1S/C32H42N8O4S/c1-37-12-16-39(17-13-37)23-24-4-8-26(9-5-24)34-32-35-30-29(31(36-32)44-21-20-43-3)28(22-33-30)25-6-10-27(11-7-25)45(41,42)40-18-14-38(2)15-19-40/h4-11,22H,12-21,23H2,1-3H3,(H2,33,34,35,36). The van der Waals surface area contributed by atoms with Gasteiger partial charge in [0.2, 0.25) is 21.9 Å². The minimum absolute atomic E-state index is 0.282. The van der Waals surface area contributed by atoms with Gasteiger partial charge in [0.05, 0.1) is 16.9 Å². The third kappa shape index (κ3) is 7.29. The smallest absolute Gasteiger partial charge is 0.243 e. The molecule has 0 amide bonds. The summed E-state index contributed by atoms with van der Waals surface area (Å²) >= 11 is 0. The monoisotopic (exact) mass is 634 g/mol. The number of likely N-dealkylation sites (N-methyl/N-ethyl adjacent to an activating group) is 2. The number of sulfonamides is 1. The molecule has 240 valence electrons. The minimum Gasteiger partial charge on any atom is -0.475 e. The number of methoxy groups -OCH3 is 1. The first-order valence-electron chi connectivity index (χ1n) is 15.4. The molecule has 0 unspecified atom stereocenters. The molecular weight excluding hydrogens is 592 g/mol. The number of hydrogen-bond donors (Lipinski definition) is 2. The van der Waals surface area contributed by atoms with Gasteiger partial charge < -0.3 is 29.6 Å².